The molecule has 1 heterocycles. The van der Waals surface area contributed by atoms with Gasteiger partial charge in [0.05, 0.1) is 13.2 Å². The zero-order valence-corrected chi connectivity index (χ0v) is 6.24. The summed E-state index contributed by atoms with van der Waals surface area (Å²) in [5.41, 5.74) is 0. The summed E-state index contributed by atoms with van der Waals surface area (Å²) >= 11 is 0. The first kappa shape index (κ1) is 8.20. The van der Waals surface area contributed by atoms with Crippen molar-refractivity contribution in [2.75, 3.05) is 13.2 Å². The van der Waals surface area contributed by atoms with Gasteiger partial charge in [-0.1, -0.05) is 0 Å². The second kappa shape index (κ2) is 3.00. The van der Waals surface area contributed by atoms with E-state index in [4.69, 9.17) is 5.11 Å². The van der Waals surface area contributed by atoms with Gasteiger partial charge >= 0.3 is 5.97 Å². The largest absolute Gasteiger partial charge is 0.465 e. The van der Waals surface area contributed by atoms with Crippen molar-refractivity contribution in [1.29, 1.82) is 0 Å². The topological polar surface area (TPSA) is 63.6 Å². The molecule has 0 bridgehead atoms. The third-order valence-electron chi connectivity index (χ3n) is 1.84. The summed E-state index contributed by atoms with van der Waals surface area (Å²) < 4.78 is 4.61. The van der Waals surface area contributed by atoms with Crippen LogP contribution in [-0.4, -0.2) is 30.1 Å². The molecule has 0 aromatic heterocycles. The van der Waals surface area contributed by atoms with E-state index < -0.39 is 11.9 Å². The quantitative estimate of drug-likeness (QED) is 0.428. The van der Waals surface area contributed by atoms with Gasteiger partial charge in [-0.3, -0.25) is 9.59 Å². The molecule has 0 spiro atoms. The van der Waals surface area contributed by atoms with Crippen molar-refractivity contribution in [3.05, 3.63) is 0 Å². The summed E-state index contributed by atoms with van der Waals surface area (Å²) in [6.45, 7) is 1.33. The Morgan fingerprint density at radius 3 is 2.82 bits per heavy atom. The fourth-order valence-corrected chi connectivity index (χ4v) is 1.22. The molecule has 62 valence electrons. The molecule has 1 fully saturated rings. The van der Waals surface area contributed by atoms with Gasteiger partial charge in [-0.15, -0.1) is 0 Å². The second-order valence-corrected chi connectivity index (χ2v) is 2.66. The summed E-state index contributed by atoms with van der Waals surface area (Å²) in [7, 11) is 0. The number of cyclic esters (lactones) is 1. The van der Waals surface area contributed by atoms with Crippen LogP contribution in [-0.2, 0) is 14.3 Å². The first-order valence-electron chi connectivity index (χ1n) is 3.44. The number of Topliss-reactive ketones (excluding diaryl/α,β-unsaturated/α-hetero) is 1. The fourth-order valence-electron chi connectivity index (χ4n) is 1.22. The molecule has 1 rings (SSSR count). The van der Waals surface area contributed by atoms with Crippen LogP contribution in [0.3, 0.4) is 0 Å². The van der Waals surface area contributed by atoms with E-state index >= 15 is 0 Å². The van der Waals surface area contributed by atoms with Crippen molar-refractivity contribution in [2.24, 2.45) is 11.8 Å². The molecule has 1 N–H and O–H groups in total. The minimum Gasteiger partial charge on any atom is -0.465 e. The first-order valence-corrected chi connectivity index (χ1v) is 3.44. The second-order valence-electron chi connectivity index (χ2n) is 2.66. The van der Waals surface area contributed by atoms with E-state index in [-0.39, 0.29) is 24.9 Å². The van der Waals surface area contributed by atoms with E-state index in [9.17, 15) is 9.59 Å². The maximum Gasteiger partial charge on any atom is 0.316 e. The predicted octanol–water partition coefficient (Wildman–Crippen LogP) is -0.643. The fraction of sp³-hybridized carbons (Fsp3) is 0.714. The van der Waals surface area contributed by atoms with Crippen LogP contribution in [0, 0.1) is 11.8 Å². The lowest BCUT2D eigenvalue weighted by Crippen LogP contribution is -2.25. The number of hydrogen-bond acceptors (Lipinski definition) is 4. The van der Waals surface area contributed by atoms with Crippen LogP contribution in [0.1, 0.15) is 6.92 Å². The highest BCUT2D eigenvalue weighted by Crippen LogP contribution is 2.22. The van der Waals surface area contributed by atoms with Crippen molar-refractivity contribution < 1.29 is 19.4 Å². The van der Waals surface area contributed by atoms with Crippen molar-refractivity contribution >= 4 is 11.8 Å². The molecule has 0 saturated carbocycles. The molecular weight excluding hydrogens is 148 g/mol. The molecule has 2 unspecified atom stereocenters. The number of rotatable bonds is 2. The smallest absolute Gasteiger partial charge is 0.316 e. The average molecular weight is 158 g/mol. The summed E-state index contributed by atoms with van der Waals surface area (Å²) in [4.78, 5) is 21.6. The van der Waals surface area contributed by atoms with Crippen LogP contribution in [0.5, 0.6) is 0 Å². The molecule has 0 aromatic rings. The first-order chi connectivity index (χ1) is 5.16. The van der Waals surface area contributed by atoms with Gasteiger partial charge in [0.25, 0.3) is 0 Å². The summed E-state index contributed by atoms with van der Waals surface area (Å²) in [5, 5.41) is 8.72. The van der Waals surface area contributed by atoms with Gasteiger partial charge in [0.2, 0.25) is 0 Å². The van der Waals surface area contributed by atoms with E-state index in [1.807, 2.05) is 0 Å². The molecular formula is C7H10O4. The van der Waals surface area contributed by atoms with E-state index in [0.29, 0.717) is 0 Å². The monoisotopic (exact) mass is 158 g/mol. The van der Waals surface area contributed by atoms with Crippen molar-refractivity contribution in [2.45, 2.75) is 6.92 Å². The lowest BCUT2D eigenvalue weighted by molar-refractivity contribution is -0.144. The van der Waals surface area contributed by atoms with Crippen LogP contribution in [0.2, 0.25) is 0 Å². The van der Waals surface area contributed by atoms with E-state index in [2.05, 4.69) is 4.74 Å². The van der Waals surface area contributed by atoms with E-state index in [1.54, 1.807) is 0 Å². The van der Waals surface area contributed by atoms with E-state index in [1.165, 1.54) is 6.92 Å². The average Bonchev–Trinajstić information content (AvgIpc) is 2.30. The summed E-state index contributed by atoms with van der Waals surface area (Å²) in [6, 6.07) is 0. The Morgan fingerprint density at radius 1 is 1.82 bits per heavy atom. The number of esters is 1. The van der Waals surface area contributed by atoms with Gasteiger partial charge in [0.15, 0.2) is 0 Å². The lowest BCUT2D eigenvalue weighted by atomic mass is 9.93. The van der Waals surface area contributed by atoms with Gasteiger partial charge in [0.1, 0.15) is 11.7 Å². The number of carbonyl (C=O) groups is 2. The standard InChI is InChI=1S/C7H10O4/c1-4(9)6-5(2-8)3-11-7(6)10/h5-6,8H,2-3H2,1H3. The minimum absolute atomic E-state index is 0.166. The molecule has 11 heavy (non-hydrogen) atoms. The highest BCUT2D eigenvalue weighted by atomic mass is 16.5. The molecule has 1 aliphatic heterocycles. The molecule has 1 aliphatic rings. The maximum atomic E-state index is 10.8. The highest BCUT2D eigenvalue weighted by molar-refractivity contribution is 5.99. The van der Waals surface area contributed by atoms with Gasteiger partial charge in [-0.05, 0) is 6.92 Å². The van der Waals surface area contributed by atoms with Crippen molar-refractivity contribution in [3.8, 4) is 0 Å². The molecule has 4 nitrogen and oxygen atoms in total. The molecule has 2 atom stereocenters. The number of hydrogen-bond donors (Lipinski definition) is 1. The number of aliphatic hydroxyl groups excluding tert-OH is 1. The van der Waals surface area contributed by atoms with Crippen LogP contribution >= 0.6 is 0 Å². The van der Waals surface area contributed by atoms with Gasteiger partial charge in [-0.25, -0.2) is 0 Å². The third-order valence-corrected chi connectivity index (χ3v) is 1.84. The molecule has 0 radical (unpaired) electrons. The molecule has 0 aromatic carbocycles. The Hall–Kier alpha value is -0.900. The molecule has 0 amide bonds. The SMILES string of the molecule is CC(=O)C1C(=O)OCC1CO. The predicted molar refractivity (Wildman–Crippen MR) is 35.7 cm³/mol. The third kappa shape index (κ3) is 1.40. The number of aliphatic hydroxyl groups is 1. The zero-order valence-electron chi connectivity index (χ0n) is 6.24. The normalized spacial score (nSPS) is 30.2. The lowest BCUT2D eigenvalue weighted by Gasteiger charge is -2.06. The Kier molecular flexibility index (Phi) is 2.24. The van der Waals surface area contributed by atoms with Gasteiger partial charge in [0, 0.05) is 5.92 Å². The Bertz CT molecular complexity index is 187. The zero-order chi connectivity index (χ0) is 8.43. The Balaban J connectivity index is 2.71. The summed E-state index contributed by atoms with van der Waals surface area (Å²) in [6.07, 6.45) is 0. The number of carbonyl (C=O) groups excluding carboxylic acids is 2. The van der Waals surface area contributed by atoms with Gasteiger partial charge < -0.3 is 9.84 Å². The highest BCUT2D eigenvalue weighted by Gasteiger charge is 2.39. The van der Waals surface area contributed by atoms with Crippen LogP contribution < -0.4 is 0 Å². The Morgan fingerprint density at radius 2 is 2.45 bits per heavy atom. The molecule has 1 saturated heterocycles. The van der Waals surface area contributed by atoms with Crippen molar-refractivity contribution in [1.82, 2.24) is 0 Å². The summed E-state index contributed by atoms with van der Waals surface area (Å²) in [5.74, 6) is -1.80. The molecule has 4 heteroatoms. The van der Waals surface area contributed by atoms with E-state index in [0.717, 1.165) is 0 Å². The maximum absolute atomic E-state index is 10.8. The Labute approximate surface area is 64.2 Å². The van der Waals surface area contributed by atoms with Gasteiger partial charge in [-0.2, -0.15) is 0 Å². The van der Waals surface area contributed by atoms with Crippen LogP contribution in [0.25, 0.3) is 0 Å². The number of ether oxygens (including phenoxy) is 1. The van der Waals surface area contributed by atoms with Crippen LogP contribution in [0.4, 0.5) is 0 Å². The minimum atomic E-state index is -0.736. The molecule has 0 aliphatic carbocycles. The number of ketones is 1. The van der Waals surface area contributed by atoms with Crippen molar-refractivity contribution in [3.63, 3.8) is 0 Å². The van der Waals surface area contributed by atoms with Crippen LogP contribution in [0.15, 0.2) is 0 Å².